The van der Waals surface area contributed by atoms with Gasteiger partial charge in [0, 0.05) is 23.4 Å². The number of nitrogens with zero attached hydrogens (tertiary/aromatic N) is 3. The summed E-state index contributed by atoms with van der Waals surface area (Å²) in [5, 5.41) is 0.503. The van der Waals surface area contributed by atoms with Crippen LogP contribution in [0.25, 0.3) is 27.7 Å². The molecular formula is C19H13N3O3. The molecule has 0 atom stereocenters. The van der Waals surface area contributed by atoms with Crippen LogP contribution in [0, 0.1) is 0 Å². The lowest BCUT2D eigenvalue weighted by molar-refractivity contribution is -0.131. The van der Waals surface area contributed by atoms with Gasteiger partial charge in [0.05, 0.1) is 5.69 Å². The molecule has 25 heavy (non-hydrogen) atoms. The molecule has 0 amide bonds. The molecule has 0 saturated heterocycles. The summed E-state index contributed by atoms with van der Waals surface area (Å²) in [6.07, 6.45) is 0.821. The van der Waals surface area contributed by atoms with Gasteiger partial charge in [-0.25, -0.2) is 4.98 Å². The molecule has 2 aromatic carbocycles. The predicted molar refractivity (Wildman–Crippen MR) is 92.5 cm³/mol. The van der Waals surface area contributed by atoms with Gasteiger partial charge < -0.3 is 10.3 Å². The molecule has 122 valence electrons. The van der Waals surface area contributed by atoms with Gasteiger partial charge >= 0.3 is 12.2 Å². The molecule has 1 aromatic heterocycles. The first kappa shape index (κ1) is 16.2. The molecule has 0 fully saturated rings. The first-order chi connectivity index (χ1) is 12.1. The highest BCUT2D eigenvalue weighted by Gasteiger charge is 2.18. The Labute approximate surface area is 143 Å². The number of para-hydroxylation sites is 1. The van der Waals surface area contributed by atoms with Gasteiger partial charge in [-0.15, -0.1) is 0 Å². The first-order valence-corrected chi connectivity index (χ1v) is 7.49. The monoisotopic (exact) mass is 331 g/mol. The van der Waals surface area contributed by atoms with E-state index in [1.807, 2.05) is 30.3 Å². The van der Waals surface area contributed by atoms with Crippen LogP contribution in [-0.2, 0) is 4.79 Å². The van der Waals surface area contributed by atoms with Crippen LogP contribution >= 0.6 is 0 Å². The molecular weight excluding hydrogens is 318 g/mol. The molecule has 0 saturated carbocycles. The minimum atomic E-state index is -0.482. The number of pyridine rings is 1. The third-order valence-electron chi connectivity index (χ3n) is 3.57. The zero-order valence-electron chi connectivity index (χ0n) is 13.3. The summed E-state index contributed by atoms with van der Waals surface area (Å²) in [5.41, 5.74) is 10.7. The number of rotatable bonds is 4. The Bertz CT molecular complexity index is 1020. The van der Waals surface area contributed by atoms with Gasteiger partial charge in [-0.05, 0) is 12.1 Å². The molecule has 0 N–H and O–H groups in total. The van der Waals surface area contributed by atoms with Crippen molar-refractivity contribution in [3.05, 3.63) is 65.7 Å². The molecule has 3 rings (SSSR count). The van der Waals surface area contributed by atoms with E-state index < -0.39 is 11.8 Å². The van der Waals surface area contributed by atoms with Gasteiger partial charge in [-0.1, -0.05) is 42.5 Å². The van der Waals surface area contributed by atoms with Crippen LogP contribution in [0.3, 0.4) is 0 Å². The van der Waals surface area contributed by atoms with Crippen molar-refractivity contribution in [1.82, 2.24) is 4.98 Å². The molecule has 0 aliphatic carbocycles. The fourth-order valence-electron chi connectivity index (χ4n) is 2.54. The number of benzene rings is 2. The Hall–Kier alpha value is -3.63. The summed E-state index contributed by atoms with van der Waals surface area (Å²) < 4.78 is 5.22. The maximum absolute atomic E-state index is 12.3. The summed E-state index contributed by atoms with van der Waals surface area (Å²) in [7, 11) is 0. The fraction of sp³-hybridized carbons (Fsp3) is 0.0526. The average molecular weight is 331 g/mol. The molecule has 3 aromatic rings. The van der Waals surface area contributed by atoms with Gasteiger partial charge in [0.15, 0.2) is 5.75 Å². The van der Waals surface area contributed by atoms with Crippen molar-refractivity contribution in [1.29, 1.82) is 0 Å². The van der Waals surface area contributed by atoms with Crippen LogP contribution < -0.4 is 4.74 Å². The number of carbonyl (C=O) groups is 2. The summed E-state index contributed by atoms with van der Waals surface area (Å²) in [6.45, 7) is 1.30. The summed E-state index contributed by atoms with van der Waals surface area (Å²) in [5.74, 6) is -0.700. The van der Waals surface area contributed by atoms with E-state index in [2.05, 4.69) is 9.77 Å². The minimum Gasteiger partial charge on any atom is -0.424 e. The molecule has 0 unspecified atom stereocenters. The minimum absolute atomic E-state index is 0.262. The number of ether oxygens (including phenoxy) is 1. The Morgan fingerprint density at radius 1 is 1.12 bits per heavy atom. The summed E-state index contributed by atoms with van der Waals surface area (Å²) in [4.78, 5) is 31.1. The Morgan fingerprint density at radius 2 is 1.88 bits per heavy atom. The van der Waals surface area contributed by atoms with Crippen molar-refractivity contribution < 1.29 is 19.1 Å². The summed E-state index contributed by atoms with van der Waals surface area (Å²) in [6, 6.07) is 15.9. The standard InChI is InChI=1S/C19H13N3O3/c1-12(23)25-18-9-5-8-14-15(17(24)11-21-20)10-16(22-19(14)18)13-6-3-2-4-7-13/h2-11H,1H3. The van der Waals surface area contributed by atoms with E-state index in [0.29, 0.717) is 22.2 Å². The number of fused-ring (bicyclic) bond motifs is 1. The van der Waals surface area contributed by atoms with E-state index in [1.165, 1.54) is 6.92 Å². The number of ketones is 1. The van der Waals surface area contributed by atoms with Crippen LogP contribution in [0.4, 0.5) is 0 Å². The highest BCUT2D eigenvalue weighted by Crippen LogP contribution is 2.30. The van der Waals surface area contributed by atoms with Crippen molar-refractivity contribution in [2.24, 2.45) is 0 Å². The van der Waals surface area contributed by atoms with Crippen molar-refractivity contribution in [3.8, 4) is 17.0 Å². The van der Waals surface area contributed by atoms with Gasteiger partial charge in [-0.3, -0.25) is 9.59 Å². The van der Waals surface area contributed by atoms with Crippen molar-refractivity contribution in [3.63, 3.8) is 0 Å². The second-order valence-electron chi connectivity index (χ2n) is 5.28. The highest BCUT2D eigenvalue weighted by molar-refractivity contribution is 6.36. The van der Waals surface area contributed by atoms with E-state index in [4.69, 9.17) is 10.3 Å². The molecule has 0 radical (unpaired) electrons. The largest absolute Gasteiger partial charge is 0.424 e. The van der Waals surface area contributed by atoms with Crippen molar-refractivity contribution >= 4 is 28.9 Å². The van der Waals surface area contributed by atoms with E-state index in [0.717, 1.165) is 11.8 Å². The lowest BCUT2D eigenvalue weighted by atomic mass is 10.0. The average Bonchev–Trinajstić information content (AvgIpc) is 2.61. The topological polar surface area (TPSA) is 92.7 Å². The van der Waals surface area contributed by atoms with E-state index in [-0.39, 0.29) is 5.75 Å². The van der Waals surface area contributed by atoms with Crippen LogP contribution in [0.2, 0.25) is 0 Å². The van der Waals surface area contributed by atoms with E-state index in [1.54, 1.807) is 24.3 Å². The van der Waals surface area contributed by atoms with Crippen molar-refractivity contribution in [2.45, 2.75) is 6.92 Å². The SMILES string of the molecule is CC(=O)Oc1cccc2c(C(=O)C=[N+]=[N-])cc(-c3ccccc3)nc12. The number of hydrogen-bond donors (Lipinski definition) is 0. The number of carbonyl (C=O) groups excluding carboxylic acids is 2. The Kier molecular flexibility index (Phi) is 4.46. The fourth-order valence-corrected chi connectivity index (χ4v) is 2.54. The smallest absolute Gasteiger partial charge is 0.328 e. The molecule has 6 heteroatoms. The van der Waals surface area contributed by atoms with E-state index in [9.17, 15) is 9.59 Å². The third-order valence-corrected chi connectivity index (χ3v) is 3.57. The van der Waals surface area contributed by atoms with Crippen LogP contribution in [0.5, 0.6) is 5.75 Å². The Morgan fingerprint density at radius 3 is 2.56 bits per heavy atom. The highest BCUT2D eigenvalue weighted by atomic mass is 16.5. The van der Waals surface area contributed by atoms with Crippen LogP contribution in [0.15, 0.2) is 54.6 Å². The first-order valence-electron chi connectivity index (χ1n) is 7.49. The second kappa shape index (κ2) is 6.86. The van der Waals surface area contributed by atoms with Crippen molar-refractivity contribution in [2.75, 3.05) is 0 Å². The summed E-state index contributed by atoms with van der Waals surface area (Å²) >= 11 is 0. The number of aromatic nitrogens is 1. The second-order valence-corrected chi connectivity index (χ2v) is 5.28. The number of Topliss-reactive ketones (excluding diaryl/α,β-unsaturated/α-hetero) is 1. The van der Waals surface area contributed by atoms with Crippen LogP contribution in [0.1, 0.15) is 17.3 Å². The molecule has 0 spiro atoms. The van der Waals surface area contributed by atoms with Crippen LogP contribution in [-0.4, -0.2) is 27.7 Å². The quantitative estimate of drug-likeness (QED) is 0.183. The Balaban J connectivity index is 2.33. The zero-order valence-corrected chi connectivity index (χ0v) is 13.3. The number of esters is 1. The normalized spacial score (nSPS) is 10.1. The molecule has 0 aliphatic heterocycles. The molecule has 1 heterocycles. The van der Waals surface area contributed by atoms with Gasteiger partial charge in [-0.2, -0.15) is 4.79 Å². The maximum atomic E-state index is 12.3. The van der Waals surface area contributed by atoms with Gasteiger partial charge in [0.1, 0.15) is 5.52 Å². The predicted octanol–water partition coefficient (Wildman–Crippen LogP) is 3.31. The molecule has 6 nitrogen and oxygen atoms in total. The van der Waals surface area contributed by atoms with Gasteiger partial charge in [0.2, 0.25) is 0 Å². The van der Waals surface area contributed by atoms with E-state index >= 15 is 0 Å². The lowest BCUT2D eigenvalue weighted by Gasteiger charge is -2.10. The lowest BCUT2D eigenvalue weighted by Crippen LogP contribution is -2.06. The number of hydrogen-bond acceptors (Lipinski definition) is 4. The maximum Gasteiger partial charge on any atom is 0.328 e. The molecule has 0 aliphatic rings. The van der Waals surface area contributed by atoms with Gasteiger partial charge in [0.25, 0.3) is 5.78 Å². The molecule has 0 bridgehead atoms. The zero-order chi connectivity index (χ0) is 17.8. The third kappa shape index (κ3) is 3.34.